The second-order valence-corrected chi connectivity index (χ2v) is 6.13. The number of rotatable bonds is 3. The van der Waals surface area contributed by atoms with Gasteiger partial charge in [-0.3, -0.25) is 14.9 Å². The highest BCUT2D eigenvalue weighted by Crippen LogP contribution is 2.32. The summed E-state index contributed by atoms with van der Waals surface area (Å²) in [6, 6.07) is 2.49. The first kappa shape index (κ1) is 13.0. The predicted molar refractivity (Wildman–Crippen MR) is 75.9 cm³/mol. The predicted octanol–water partition coefficient (Wildman–Crippen LogP) is 2.06. The Morgan fingerprint density at radius 3 is 2.47 bits per heavy atom. The van der Waals surface area contributed by atoms with Crippen molar-refractivity contribution in [1.29, 1.82) is 0 Å². The molecule has 1 N–H and O–H groups in total. The lowest BCUT2D eigenvalue weighted by molar-refractivity contribution is 0.130. The monoisotopic (exact) mass is 260 g/mol. The standard InChI is InChI=1S/C15H24N4/c1-10-15(17-7-6-16-10)11(2)19(3)14-8-12-4-5-13(9-14)18-12/h6-7,11-14,18H,4-5,8-9H2,1-3H3. The molecule has 2 aliphatic heterocycles. The van der Waals surface area contributed by atoms with Crippen molar-refractivity contribution in [3.63, 3.8) is 0 Å². The van der Waals surface area contributed by atoms with E-state index in [2.05, 4.69) is 41.1 Å². The first-order valence-electron chi connectivity index (χ1n) is 7.40. The molecule has 3 unspecified atom stereocenters. The summed E-state index contributed by atoms with van der Waals surface area (Å²) in [4.78, 5) is 11.4. The van der Waals surface area contributed by atoms with E-state index in [1.54, 1.807) is 12.4 Å². The van der Waals surface area contributed by atoms with Gasteiger partial charge in [0.2, 0.25) is 0 Å². The van der Waals surface area contributed by atoms with E-state index >= 15 is 0 Å². The van der Waals surface area contributed by atoms with Gasteiger partial charge in [0.25, 0.3) is 0 Å². The third-order valence-electron chi connectivity index (χ3n) is 4.95. The maximum absolute atomic E-state index is 4.53. The van der Waals surface area contributed by atoms with Crippen LogP contribution in [0.2, 0.25) is 0 Å². The molecule has 4 nitrogen and oxygen atoms in total. The Morgan fingerprint density at radius 2 is 1.84 bits per heavy atom. The van der Waals surface area contributed by atoms with Gasteiger partial charge in [0.15, 0.2) is 0 Å². The van der Waals surface area contributed by atoms with E-state index in [-0.39, 0.29) is 0 Å². The molecule has 0 saturated carbocycles. The molecule has 2 aliphatic rings. The smallest absolute Gasteiger partial charge is 0.0784 e. The van der Waals surface area contributed by atoms with Crippen molar-refractivity contribution in [3.05, 3.63) is 23.8 Å². The normalized spacial score (nSPS) is 31.7. The zero-order chi connectivity index (χ0) is 13.4. The van der Waals surface area contributed by atoms with E-state index in [4.69, 9.17) is 0 Å². The fourth-order valence-corrected chi connectivity index (χ4v) is 3.70. The molecule has 19 heavy (non-hydrogen) atoms. The minimum atomic E-state index is 0.344. The summed E-state index contributed by atoms with van der Waals surface area (Å²) in [5.41, 5.74) is 2.18. The van der Waals surface area contributed by atoms with E-state index < -0.39 is 0 Å². The summed E-state index contributed by atoms with van der Waals surface area (Å²) in [6.07, 6.45) is 8.84. The van der Waals surface area contributed by atoms with Crippen LogP contribution >= 0.6 is 0 Å². The summed E-state index contributed by atoms with van der Waals surface area (Å²) in [6.45, 7) is 4.31. The molecule has 3 atom stereocenters. The minimum absolute atomic E-state index is 0.344. The van der Waals surface area contributed by atoms with E-state index in [0.717, 1.165) is 23.5 Å². The maximum Gasteiger partial charge on any atom is 0.0784 e. The fourth-order valence-electron chi connectivity index (χ4n) is 3.70. The van der Waals surface area contributed by atoms with Crippen LogP contribution in [-0.4, -0.2) is 40.0 Å². The largest absolute Gasteiger partial charge is 0.311 e. The number of nitrogens with zero attached hydrogens (tertiary/aromatic N) is 3. The lowest BCUT2D eigenvalue weighted by Crippen LogP contribution is -2.47. The summed E-state index contributed by atoms with van der Waals surface area (Å²) < 4.78 is 0. The Bertz CT molecular complexity index is 436. The SMILES string of the molecule is Cc1nccnc1C(C)N(C)C1CC2CCC(C1)N2. The zero-order valence-corrected chi connectivity index (χ0v) is 12.1. The van der Waals surface area contributed by atoms with Gasteiger partial charge in [0.05, 0.1) is 17.4 Å². The number of fused-ring (bicyclic) bond motifs is 2. The van der Waals surface area contributed by atoms with E-state index in [1.165, 1.54) is 25.7 Å². The number of hydrogen-bond acceptors (Lipinski definition) is 4. The Balaban J connectivity index is 1.73. The van der Waals surface area contributed by atoms with Crippen LogP contribution < -0.4 is 5.32 Å². The van der Waals surface area contributed by atoms with Crippen molar-refractivity contribution in [2.45, 2.75) is 63.7 Å². The lowest BCUT2D eigenvalue weighted by Gasteiger charge is -2.38. The van der Waals surface area contributed by atoms with Crippen molar-refractivity contribution in [2.24, 2.45) is 0 Å². The molecule has 0 radical (unpaired) electrons. The van der Waals surface area contributed by atoms with Gasteiger partial charge >= 0.3 is 0 Å². The number of nitrogens with one attached hydrogen (secondary N) is 1. The molecule has 0 spiro atoms. The molecular weight excluding hydrogens is 236 g/mol. The second-order valence-electron chi connectivity index (χ2n) is 6.13. The van der Waals surface area contributed by atoms with Crippen molar-refractivity contribution < 1.29 is 0 Å². The van der Waals surface area contributed by atoms with Crippen LogP contribution in [0.5, 0.6) is 0 Å². The van der Waals surface area contributed by atoms with Crippen molar-refractivity contribution in [2.75, 3.05) is 7.05 Å². The number of aryl methyl sites for hydroxylation is 1. The van der Waals surface area contributed by atoms with Crippen LogP contribution in [0.15, 0.2) is 12.4 Å². The average Bonchev–Trinajstić information content (AvgIpc) is 2.76. The first-order chi connectivity index (χ1) is 9.15. The zero-order valence-electron chi connectivity index (χ0n) is 12.1. The average molecular weight is 260 g/mol. The Labute approximate surface area is 115 Å². The third-order valence-corrected chi connectivity index (χ3v) is 4.95. The molecular formula is C15H24N4. The van der Waals surface area contributed by atoms with Crippen LogP contribution in [0.4, 0.5) is 0 Å². The molecule has 1 aromatic rings. The molecule has 0 aliphatic carbocycles. The highest BCUT2D eigenvalue weighted by molar-refractivity contribution is 5.13. The van der Waals surface area contributed by atoms with Gasteiger partial charge in [-0.1, -0.05) is 0 Å². The Hall–Kier alpha value is -1.00. The quantitative estimate of drug-likeness (QED) is 0.903. The van der Waals surface area contributed by atoms with Crippen LogP contribution in [-0.2, 0) is 0 Å². The van der Waals surface area contributed by atoms with Gasteiger partial charge in [-0.2, -0.15) is 0 Å². The van der Waals surface area contributed by atoms with Crippen LogP contribution in [0.1, 0.15) is 50.0 Å². The number of aromatic nitrogens is 2. The summed E-state index contributed by atoms with van der Waals surface area (Å²) in [5.74, 6) is 0. The van der Waals surface area contributed by atoms with E-state index in [9.17, 15) is 0 Å². The Kier molecular flexibility index (Phi) is 3.54. The highest BCUT2D eigenvalue weighted by Gasteiger charge is 2.36. The van der Waals surface area contributed by atoms with Gasteiger partial charge in [-0.25, -0.2) is 0 Å². The van der Waals surface area contributed by atoms with Gasteiger partial charge in [-0.05, 0) is 46.6 Å². The number of hydrogen-bond donors (Lipinski definition) is 1. The van der Waals surface area contributed by atoms with E-state index in [1.807, 2.05) is 0 Å². The van der Waals surface area contributed by atoms with Crippen LogP contribution in [0.25, 0.3) is 0 Å². The molecule has 104 valence electrons. The van der Waals surface area contributed by atoms with Gasteiger partial charge < -0.3 is 5.32 Å². The molecule has 2 fully saturated rings. The summed E-state index contributed by atoms with van der Waals surface area (Å²) in [5, 5.41) is 3.71. The van der Waals surface area contributed by atoms with Crippen LogP contribution in [0, 0.1) is 6.92 Å². The third kappa shape index (κ3) is 2.51. The summed E-state index contributed by atoms with van der Waals surface area (Å²) in [7, 11) is 2.24. The number of piperidine rings is 1. The first-order valence-corrected chi connectivity index (χ1v) is 7.40. The summed E-state index contributed by atoms with van der Waals surface area (Å²) >= 11 is 0. The molecule has 0 aromatic carbocycles. The van der Waals surface area contributed by atoms with E-state index in [0.29, 0.717) is 12.1 Å². The Morgan fingerprint density at radius 1 is 1.21 bits per heavy atom. The molecule has 0 amide bonds. The fraction of sp³-hybridized carbons (Fsp3) is 0.733. The molecule has 3 rings (SSSR count). The van der Waals surface area contributed by atoms with Gasteiger partial charge in [-0.15, -0.1) is 0 Å². The second kappa shape index (κ2) is 5.17. The van der Waals surface area contributed by atoms with Crippen LogP contribution in [0.3, 0.4) is 0 Å². The molecule has 3 heterocycles. The molecule has 1 aromatic heterocycles. The van der Waals surface area contributed by atoms with Gasteiger partial charge in [0.1, 0.15) is 0 Å². The minimum Gasteiger partial charge on any atom is -0.311 e. The maximum atomic E-state index is 4.53. The molecule has 2 bridgehead atoms. The van der Waals surface area contributed by atoms with Gasteiger partial charge in [0, 0.05) is 30.5 Å². The molecule has 4 heteroatoms. The van der Waals surface area contributed by atoms with Crippen molar-refractivity contribution in [1.82, 2.24) is 20.2 Å². The van der Waals surface area contributed by atoms with Crippen molar-refractivity contribution in [3.8, 4) is 0 Å². The topological polar surface area (TPSA) is 41.1 Å². The molecule has 2 saturated heterocycles. The van der Waals surface area contributed by atoms with Crippen molar-refractivity contribution >= 4 is 0 Å². The highest BCUT2D eigenvalue weighted by atomic mass is 15.2. The lowest BCUT2D eigenvalue weighted by atomic mass is 9.96.